The van der Waals surface area contributed by atoms with Crippen LogP contribution in [-0.2, 0) is 12.8 Å². The SMILES string of the molecule is CC(C)C(N)CCN(C)C(=O)c1nn(-c2ccc(F)c(F)c2)c2c1CCC2. The zero-order valence-electron chi connectivity index (χ0n) is 16.0. The summed E-state index contributed by atoms with van der Waals surface area (Å²) in [5.41, 5.74) is 8.71. The van der Waals surface area contributed by atoms with Crippen molar-refractivity contribution in [1.82, 2.24) is 14.7 Å². The zero-order valence-corrected chi connectivity index (χ0v) is 16.0. The fourth-order valence-corrected chi connectivity index (χ4v) is 3.40. The van der Waals surface area contributed by atoms with E-state index in [1.165, 1.54) is 6.07 Å². The molecule has 1 aliphatic carbocycles. The van der Waals surface area contributed by atoms with Gasteiger partial charge in [0.2, 0.25) is 0 Å². The van der Waals surface area contributed by atoms with Crippen LogP contribution in [0.2, 0.25) is 0 Å². The van der Waals surface area contributed by atoms with Crippen molar-refractivity contribution in [2.24, 2.45) is 11.7 Å². The van der Waals surface area contributed by atoms with Crippen LogP contribution in [0.15, 0.2) is 18.2 Å². The van der Waals surface area contributed by atoms with E-state index in [0.29, 0.717) is 30.3 Å². The van der Waals surface area contributed by atoms with Gasteiger partial charge in [-0.2, -0.15) is 5.10 Å². The molecular weight excluding hydrogens is 350 g/mol. The van der Waals surface area contributed by atoms with Crippen LogP contribution in [0.3, 0.4) is 0 Å². The Kier molecular flexibility index (Phi) is 5.60. The number of nitrogens with two attached hydrogens (primary N) is 1. The lowest BCUT2D eigenvalue weighted by Crippen LogP contribution is -2.35. The van der Waals surface area contributed by atoms with Crippen molar-refractivity contribution in [1.29, 1.82) is 0 Å². The minimum atomic E-state index is -0.928. The lowest BCUT2D eigenvalue weighted by molar-refractivity contribution is 0.0782. The zero-order chi connectivity index (χ0) is 19.7. The fraction of sp³-hybridized carbons (Fsp3) is 0.500. The molecule has 0 bridgehead atoms. The summed E-state index contributed by atoms with van der Waals surface area (Å²) in [6.45, 7) is 4.66. The largest absolute Gasteiger partial charge is 0.340 e. The van der Waals surface area contributed by atoms with Crippen LogP contribution >= 0.6 is 0 Å². The summed E-state index contributed by atoms with van der Waals surface area (Å²) >= 11 is 0. The van der Waals surface area contributed by atoms with Gasteiger partial charge < -0.3 is 10.6 Å². The second-order valence-corrected chi connectivity index (χ2v) is 7.56. The highest BCUT2D eigenvalue weighted by Gasteiger charge is 2.29. The number of hydrogen-bond acceptors (Lipinski definition) is 3. The van der Waals surface area contributed by atoms with Gasteiger partial charge in [0.05, 0.1) is 5.69 Å². The van der Waals surface area contributed by atoms with Gasteiger partial charge in [-0.05, 0) is 43.7 Å². The van der Waals surface area contributed by atoms with Crippen molar-refractivity contribution >= 4 is 5.91 Å². The molecule has 1 heterocycles. The van der Waals surface area contributed by atoms with Crippen LogP contribution in [0.1, 0.15) is 48.4 Å². The first-order valence-electron chi connectivity index (χ1n) is 9.36. The quantitative estimate of drug-likeness (QED) is 0.843. The van der Waals surface area contributed by atoms with Crippen LogP contribution in [0.4, 0.5) is 8.78 Å². The molecule has 1 aromatic carbocycles. The number of amides is 1. The first-order chi connectivity index (χ1) is 12.8. The van der Waals surface area contributed by atoms with Crippen molar-refractivity contribution in [2.45, 2.75) is 45.6 Å². The van der Waals surface area contributed by atoms with Crippen molar-refractivity contribution in [3.8, 4) is 5.69 Å². The molecule has 0 saturated heterocycles. The van der Waals surface area contributed by atoms with Gasteiger partial charge in [-0.1, -0.05) is 13.8 Å². The van der Waals surface area contributed by atoms with Crippen molar-refractivity contribution in [3.63, 3.8) is 0 Å². The summed E-state index contributed by atoms with van der Waals surface area (Å²) < 4.78 is 28.5. The maximum Gasteiger partial charge on any atom is 0.274 e. The summed E-state index contributed by atoms with van der Waals surface area (Å²) in [5.74, 6) is -1.64. The Bertz CT molecular complexity index is 847. The van der Waals surface area contributed by atoms with E-state index >= 15 is 0 Å². The van der Waals surface area contributed by atoms with Crippen molar-refractivity contribution in [3.05, 3.63) is 46.8 Å². The second kappa shape index (κ2) is 7.76. The molecule has 1 atom stereocenters. The Morgan fingerprint density at radius 3 is 2.70 bits per heavy atom. The molecule has 1 aromatic heterocycles. The number of hydrogen-bond donors (Lipinski definition) is 1. The highest BCUT2D eigenvalue weighted by atomic mass is 19.2. The number of fused-ring (bicyclic) bond motifs is 1. The molecular formula is C20H26F2N4O. The van der Waals surface area contributed by atoms with Crippen molar-refractivity contribution < 1.29 is 13.6 Å². The standard InChI is InChI=1S/C20H26F2N4O/c1-12(2)17(23)9-10-25(3)20(27)19-14-5-4-6-18(14)26(24-19)13-7-8-15(21)16(22)11-13/h7-8,11-12,17H,4-6,9-10,23H2,1-3H3. The summed E-state index contributed by atoms with van der Waals surface area (Å²) in [6.07, 6.45) is 3.15. The van der Waals surface area contributed by atoms with Gasteiger partial charge in [-0.25, -0.2) is 13.5 Å². The van der Waals surface area contributed by atoms with E-state index in [-0.39, 0.29) is 11.9 Å². The average Bonchev–Trinajstić information content (AvgIpc) is 3.23. The van der Waals surface area contributed by atoms with E-state index in [1.54, 1.807) is 16.6 Å². The molecule has 1 unspecified atom stereocenters. The third-order valence-corrected chi connectivity index (χ3v) is 5.28. The minimum Gasteiger partial charge on any atom is -0.340 e. The first-order valence-corrected chi connectivity index (χ1v) is 9.36. The molecule has 1 aliphatic rings. The van der Waals surface area contributed by atoms with E-state index in [1.807, 2.05) is 0 Å². The van der Waals surface area contributed by atoms with E-state index in [4.69, 9.17) is 5.73 Å². The summed E-state index contributed by atoms with van der Waals surface area (Å²) in [4.78, 5) is 14.6. The highest BCUT2D eigenvalue weighted by Crippen LogP contribution is 2.29. The third kappa shape index (κ3) is 3.88. The topological polar surface area (TPSA) is 64.2 Å². The number of nitrogens with zero attached hydrogens (tertiary/aromatic N) is 3. The number of carbonyl (C=O) groups excluding carboxylic acids is 1. The lowest BCUT2D eigenvalue weighted by Gasteiger charge is -2.21. The van der Waals surface area contributed by atoms with Gasteiger partial charge in [0, 0.05) is 37.0 Å². The number of rotatable bonds is 6. The van der Waals surface area contributed by atoms with Gasteiger partial charge in [-0.15, -0.1) is 0 Å². The molecule has 5 nitrogen and oxygen atoms in total. The van der Waals surface area contributed by atoms with Crippen LogP contribution in [0.25, 0.3) is 5.69 Å². The maximum atomic E-state index is 13.6. The Hall–Kier alpha value is -2.28. The third-order valence-electron chi connectivity index (χ3n) is 5.28. The van der Waals surface area contributed by atoms with Gasteiger partial charge in [0.1, 0.15) is 0 Å². The molecule has 7 heteroatoms. The van der Waals surface area contributed by atoms with Crippen LogP contribution in [0, 0.1) is 17.6 Å². The Morgan fingerprint density at radius 2 is 2.04 bits per heavy atom. The summed E-state index contributed by atoms with van der Waals surface area (Å²) in [6, 6.07) is 3.70. The first kappa shape index (κ1) is 19.5. The second-order valence-electron chi connectivity index (χ2n) is 7.56. The Labute approximate surface area is 158 Å². The van der Waals surface area contributed by atoms with E-state index in [0.717, 1.165) is 42.7 Å². The number of carbonyl (C=O) groups is 1. The molecule has 0 aliphatic heterocycles. The van der Waals surface area contributed by atoms with E-state index in [2.05, 4.69) is 18.9 Å². The van der Waals surface area contributed by atoms with Crippen molar-refractivity contribution in [2.75, 3.05) is 13.6 Å². The molecule has 3 rings (SSSR count). The van der Waals surface area contributed by atoms with Gasteiger partial charge >= 0.3 is 0 Å². The maximum absolute atomic E-state index is 13.6. The molecule has 0 spiro atoms. The molecule has 0 radical (unpaired) electrons. The molecule has 2 aromatic rings. The van der Waals surface area contributed by atoms with Gasteiger partial charge in [-0.3, -0.25) is 4.79 Å². The Morgan fingerprint density at radius 1 is 1.30 bits per heavy atom. The predicted octanol–water partition coefficient (Wildman–Crippen LogP) is 3.08. The Balaban J connectivity index is 1.86. The molecule has 146 valence electrons. The predicted molar refractivity (Wildman–Crippen MR) is 99.9 cm³/mol. The average molecular weight is 376 g/mol. The lowest BCUT2D eigenvalue weighted by atomic mass is 10.0. The molecule has 27 heavy (non-hydrogen) atoms. The number of aromatic nitrogens is 2. The van der Waals surface area contributed by atoms with Crippen LogP contribution in [-0.4, -0.2) is 40.2 Å². The monoisotopic (exact) mass is 376 g/mol. The minimum absolute atomic E-state index is 0.0331. The number of halogens is 2. The van der Waals surface area contributed by atoms with E-state index < -0.39 is 11.6 Å². The molecule has 0 fully saturated rings. The van der Waals surface area contributed by atoms with Gasteiger partial charge in [0.15, 0.2) is 17.3 Å². The molecule has 1 amide bonds. The molecule has 0 saturated carbocycles. The van der Waals surface area contributed by atoms with E-state index in [9.17, 15) is 13.6 Å². The fourth-order valence-electron chi connectivity index (χ4n) is 3.40. The smallest absolute Gasteiger partial charge is 0.274 e. The van der Waals surface area contributed by atoms with Crippen LogP contribution in [0.5, 0.6) is 0 Å². The normalized spacial score (nSPS) is 14.5. The molecule has 2 N–H and O–H groups in total. The van der Waals surface area contributed by atoms with Gasteiger partial charge in [0.25, 0.3) is 5.91 Å². The summed E-state index contributed by atoms with van der Waals surface area (Å²) in [5, 5.41) is 4.46. The highest BCUT2D eigenvalue weighted by molar-refractivity contribution is 5.94. The number of benzene rings is 1. The van der Waals surface area contributed by atoms with Crippen LogP contribution < -0.4 is 5.73 Å². The summed E-state index contributed by atoms with van der Waals surface area (Å²) in [7, 11) is 1.74.